The van der Waals surface area contributed by atoms with E-state index in [1.54, 1.807) is 17.4 Å². The van der Waals surface area contributed by atoms with Crippen LogP contribution in [0.4, 0.5) is 4.39 Å². The highest BCUT2D eigenvalue weighted by Gasteiger charge is 2.44. The number of halogens is 1. The van der Waals surface area contributed by atoms with Gasteiger partial charge in [0.2, 0.25) is 5.91 Å². The fourth-order valence-corrected chi connectivity index (χ4v) is 5.78. The zero-order chi connectivity index (χ0) is 26.8. The molecule has 0 bridgehead atoms. The number of ether oxygens (including phenoxy) is 2. The molecule has 9 heteroatoms. The van der Waals surface area contributed by atoms with E-state index in [0.717, 1.165) is 53.7 Å². The van der Waals surface area contributed by atoms with Gasteiger partial charge in [-0.1, -0.05) is 19.1 Å². The molecule has 1 saturated carbocycles. The van der Waals surface area contributed by atoms with Gasteiger partial charge in [-0.2, -0.15) is 0 Å². The number of fused-ring (bicyclic) bond motifs is 2. The van der Waals surface area contributed by atoms with Gasteiger partial charge in [-0.3, -0.25) is 4.79 Å². The molecule has 2 aliphatic rings. The quantitative estimate of drug-likeness (QED) is 0.269. The third kappa shape index (κ3) is 5.52. The Bertz CT molecular complexity index is 1520. The number of thiophene rings is 1. The van der Waals surface area contributed by atoms with Crippen molar-refractivity contribution in [2.75, 3.05) is 32.9 Å². The Hall–Kier alpha value is -3.40. The molecule has 4 aromatic rings. The molecular formula is C30H31FN4O3S. The molecule has 0 spiro atoms. The fourth-order valence-electron chi connectivity index (χ4n) is 4.88. The van der Waals surface area contributed by atoms with Gasteiger partial charge < -0.3 is 20.1 Å². The number of benzene rings is 2. The highest BCUT2D eigenvalue weighted by atomic mass is 32.1. The van der Waals surface area contributed by atoms with Crippen LogP contribution in [0.15, 0.2) is 47.8 Å². The second kappa shape index (κ2) is 11.0. The highest BCUT2D eigenvalue weighted by molar-refractivity contribution is 7.17. The van der Waals surface area contributed by atoms with Gasteiger partial charge in [-0.15, -0.1) is 21.5 Å². The first-order valence-electron chi connectivity index (χ1n) is 13.4. The Balaban J connectivity index is 1.16. The van der Waals surface area contributed by atoms with Crippen LogP contribution < -0.4 is 15.4 Å². The van der Waals surface area contributed by atoms with Crippen LogP contribution in [-0.2, 0) is 22.5 Å². The maximum Gasteiger partial charge on any atom is 0.226 e. The third-order valence-electron chi connectivity index (χ3n) is 7.52. The summed E-state index contributed by atoms with van der Waals surface area (Å²) in [6.45, 7) is 5.25. The smallest absolute Gasteiger partial charge is 0.226 e. The van der Waals surface area contributed by atoms with Crippen molar-refractivity contribution in [1.29, 1.82) is 0 Å². The molecule has 2 aromatic carbocycles. The number of amides is 1. The first-order chi connectivity index (χ1) is 19.0. The summed E-state index contributed by atoms with van der Waals surface area (Å²) in [5.41, 5.74) is 5.72. The first-order valence-corrected chi connectivity index (χ1v) is 14.3. The predicted octanol–water partition coefficient (Wildman–Crippen LogP) is 5.12. The third-order valence-corrected chi connectivity index (χ3v) is 8.44. The lowest BCUT2D eigenvalue weighted by Crippen LogP contribution is -2.33. The Morgan fingerprint density at radius 2 is 1.95 bits per heavy atom. The van der Waals surface area contributed by atoms with E-state index in [4.69, 9.17) is 9.47 Å². The molecule has 2 N–H and O–H groups in total. The number of rotatable bonds is 10. The first kappa shape index (κ1) is 25.9. The molecule has 1 amide bonds. The Morgan fingerprint density at radius 3 is 2.82 bits per heavy atom. The molecule has 0 unspecified atom stereocenters. The van der Waals surface area contributed by atoms with E-state index in [0.29, 0.717) is 36.8 Å². The van der Waals surface area contributed by atoms with Gasteiger partial charge in [0.15, 0.2) is 0 Å². The predicted molar refractivity (Wildman–Crippen MR) is 150 cm³/mol. The number of hydrogen-bond acceptors (Lipinski definition) is 7. The zero-order valence-electron chi connectivity index (χ0n) is 21.9. The van der Waals surface area contributed by atoms with Crippen molar-refractivity contribution in [1.82, 2.24) is 20.8 Å². The summed E-state index contributed by atoms with van der Waals surface area (Å²) in [5, 5.41) is 18.6. The van der Waals surface area contributed by atoms with E-state index >= 15 is 0 Å². The average Bonchev–Trinajstić information content (AvgIpc) is 3.51. The number of carbonyl (C=O) groups excluding carboxylic acids is 1. The molecule has 3 heterocycles. The van der Waals surface area contributed by atoms with Crippen LogP contribution in [0, 0.1) is 11.2 Å². The normalized spacial score (nSPS) is 15.6. The molecule has 39 heavy (non-hydrogen) atoms. The lowest BCUT2D eigenvalue weighted by Gasteiger charge is -2.18. The van der Waals surface area contributed by atoms with Crippen molar-refractivity contribution in [3.63, 3.8) is 0 Å². The SMILES string of the molecule is CC1(C(=O)NCCOCCOc2cc(F)ccc2-c2nnc(-c3ccc4c(c3)CCNC4)c3ccsc23)CC1. The van der Waals surface area contributed by atoms with Crippen molar-refractivity contribution in [3.8, 4) is 28.3 Å². The van der Waals surface area contributed by atoms with Gasteiger partial charge in [-0.05, 0) is 66.6 Å². The van der Waals surface area contributed by atoms with Gasteiger partial charge in [-0.25, -0.2) is 4.39 Å². The van der Waals surface area contributed by atoms with Crippen LogP contribution in [0.3, 0.4) is 0 Å². The molecular weight excluding hydrogens is 515 g/mol. The molecule has 0 radical (unpaired) electrons. The standard InChI is InChI=1S/C30H31FN4O3S/c1-30(8-9-30)29(36)33-11-12-37-13-14-38-25-17-22(31)4-5-23(25)27-28-24(7-15-39-28)26(34-35-27)20-2-3-21-18-32-10-6-19(21)16-20/h2-5,7,15-17,32H,6,8-14,18H2,1H3,(H,33,36). The summed E-state index contributed by atoms with van der Waals surface area (Å²) in [7, 11) is 0. The summed E-state index contributed by atoms with van der Waals surface area (Å²) < 4.78 is 26.7. The Kier molecular flexibility index (Phi) is 7.29. The van der Waals surface area contributed by atoms with Crippen molar-refractivity contribution in [2.45, 2.75) is 32.7 Å². The number of nitrogens with zero attached hydrogens (tertiary/aromatic N) is 2. The van der Waals surface area contributed by atoms with Crippen molar-refractivity contribution in [2.24, 2.45) is 5.41 Å². The summed E-state index contributed by atoms with van der Waals surface area (Å²) in [4.78, 5) is 12.0. The fraction of sp³-hybridized carbons (Fsp3) is 0.367. The van der Waals surface area contributed by atoms with E-state index in [-0.39, 0.29) is 23.7 Å². The molecule has 1 fully saturated rings. The van der Waals surface area contributed by atoms with Gasteiger partial charge in [0.1, 0.15) is 29.6 Å². The average molecular weight is 547 g/mol. The number of aromatic nitrogens is 2. The largest absolute Gasteiger partial charge is 0.490 e. The van der Waals surface area contributed by atoms with Crippen LogP contribution in [0.25, 0.3) is 32.6 Å². The number of carbonyl (C=O) groups is 1. The molecule has 0 saturated heterocycles. The maximum atomic E-state index is 14.2. The van der Waals surface area contributed by atoms with Crippen LogP contribution in [-0.4, -0.2) is 49.0 Å². The summed E-state index contributed by atoms with van der Waals surface area (Å²) in [5.74, 6) is 0.0933. The van der Waals surface area contributed by atoms with E-state index in [2.05, 4.69) is 45.1 Å². The minimum atomic E-state index is -0.387. The van der Waals surface area contributed by atoms with Crippen LogP contribution in [0.2, 0.25) is 0 Å². The van der Waals surface area contributed by atoms with Gasteiger partial charge in [0, 0.05) is 41.1 Å². The second-order valence-corrected chi connectivity index (χ2v) is 11.3. The molecule has 0 atom stereocenters. The molecule has 7 nitrogen and oxygen atoms in total. The van der Waals surface area contributed by atoms with Gasteiger partial charge >= 0.3 is 0 Å². The van der Waals surface area contributed by atoms with Gasteiger partial charge in [0.05, 0.1) is 17.9 Å². The number of hydrogen-bond donors (Lipinski definition) is 2. The zero-order valence-corrected chi connectivity index (χ0v) is 22.7. The van der Waals surface area contributed by atoms with Crippen LogP contribution >= 0.6 is 11.3 Å². The molecule has 1 aliphatic carbocycles. The van der Waals surface area contributed by atoms with Crippen molar-refractivity contribution < 1.29 is 18.7 Å². The van der Waals surface area contributed by atoms with E-state index in [1.807, 2.05) is 12.3 Å². The highest BCUT2D eigenvalue weighted by Crippen LogP contribution is 2.45. The molecule has 6 rings (SSSR count). The molecule has 202 valence electrons. The minimum absolute atomic E-state index is 0.0858. The topological polar surface area (TPSA) is 85.4 Å². The van der Waals surface area contributed by atoms with Crippen molar-refractivity contribution in [3.05, 3.63) is 64.8 Å². The van der Waals surface area contributed by atoms with Crippen molar-refractivity contribution >= 4 is 27.3 Å². The van der Waals surface area contributed by atoms with E-state index in [9.17, 15) is 9.18 Å². The molecule has 2 aromatic heterocycles. The Morgan fingerprint density at radius 1 is 1.08 bits per heavy atom. The second-order valence-electron chi connectivity index (χ2n) is 10.4. The van der Waals surface area contributed by atoms with Crippen LogP contribution in [0.1, 0.15) is 30.9 Å². The number of nitrogens with one attached hydrogen (secondary N) is 2. The maximum absolute atomic E-state index is 14.2. The van der Waals surface area contributed by atoms with E-state index < -0.39 is 0 Å². The Labute approximate surface area is 230 Å². The molecule has 1 aliphatic heterocycles. The summed E-state index contributed by atoms with van der Waals surface area (Å²) in [6, 6.07) is 13.0. The summed E-state index contributed by atoms with van der Waals surface area (Å²) >= 11 is 1.58. The monoisotopic (exact) mass is 546 g/mol. The van der Waals surface area contributed by atoms with E-state index in [1.165, 1.54) is 23.3 Å². The van der Waals surface area contributed by atoms with Gasteiger partial charge in [0.25, 0.3) is 0 Å². The lowest BCUT2D eigenvalue weighted by molar-refractivity contribution is -0.125. The lowest BCUT2D eigenvalue weighted by atomic mass is 9.96. The summed E-state index contributed by atoms with van der Waals surface area (Å²) in [6.07, 6.45) is 2.89. The minimum Gasteiger partial charge on any atom is -0.490 e. The van der Waals surface area contributed by atoms with Crippen LogP contribution in [0.5, 0.6) is 5.75 Å².